The van der Waals surface area contributed by atoms with E-state index >= 15 is 0 Å². The minimum atomic E-state index is -0.753. The molecule has 96 valence electrons. The summed E-state index contributed by atoms with van der Waals surface area (Å²) in [7, 11) is 1.18. The summed E-state index contributed by atoms with van der Waals surface area (Å²) in [4.78, 5) is 19.4. The van der Waals surface area contributed by atoms with Crippen molar-refractivity contribution in [1.29, 1.82) is 15.8 Å². The second-order valence-corrected chi connectivity index (χ2v) is 5.48. The lowest BCUT2D eigenvalue weighted by atomic mass is 10.3. The highest BCUT2D eigenvalue weighted by Crippen LogP contribution is 2.50. The summed E-state index contributed by atoms with van der Waals surface area (Å²) < 4.78 is 4.88. The first-order chi connectivity index (χ1) is 9.64. The Morgan fingerprint density at radius 2 is 1.60 bits per heavy atom. The van der Waals surface area contributed by atoms with Gasteiger partial charge in [0.1, 0.15) is 28.3 Å². The topological polar surface area (TPSA) is 123 Å². The Bertz CT molecular complexity index is 722. The molecule has 9 heteroatoms. The van der Waals surface area contributed by atoms with Gasteiger partial charge in [0, 0.05) is 0 Å². The molecule has 0 aliphatic carbocycles. The lowest BCUT2D eigenvalue weighted by molar-refractivity contribution is -0.135. The van der Waals surface area contributed by atoms with Crippen LogP contribution < -0.4 is 0 Å². The number of rotatable bonds is 1. The summed E-state index contributed by atoms with van der Waals surface area (Å²) in [6.07, 6.45) is 0. The van der Waals surface area contributed by atoms with Gasteiger partial charge < -0.3 is 4.74 Å². The number of hydrogen-bond acceptors (Lipinski definition) is 9. The summed E-state index contributed by atoms with van der Waals surface area (Å²) in [6.45, 7) is 0. The predicted molar refractivity (Wildman–Crippen MR) is 67.8 cm³/mol. The smallest absolute Gasteiger partial charge is 0.350 e. The average Bonchev–Trinajstić information content (AvgIpc) is 2.88. The van der Waals surface area contributed by atoms with Gasteiger partial charge in [0.25, 0.3) is 0 Å². The van der Waals surface area contributed by atoms with Gasteiger partial charge in [0.15, 0.2) is 17.0 Å². The van der Waals surface area contributed by atoms with Crippen molar-refractivity contribution in [2.75, 3.05) is 7.11 Å². The first kappa shape index (κ1) is 13.9. The molecule has 0 saturated carbocycles. The Hall–Kier alpha value is -2.54. The molecule has 2 rings (SSSR count). The number of fused-ring (bicyclic) bond motifs is 1. The van der Waals surface area contributed by atoms with Gasteiger partial charge in [0.05, 0.1) is 11.3 Å². The van der Waals surface area contributed by atoms with E-state index in [9.17, 15) is 4.79 Å². The molecule has 1 aliphatic rings. The Labute approximate surface area is 121 Å². The number of esters is 1. The lowest BCUT2D eigenvalue weighted by Gasteiger charge is -1.98. The van der Waals surface area contributed by atoms with Crippen LogP contribution in [0.3, 0.4) is 0 Å². The molecule has 0 unspecified atom stereocenters. The number of aromatic nitrogens is 2. The fourth-order valence-electron chi connectivity index (χ4n) is 1.27. The third-order valence-electron chi connectivity index (χ3n) is 2.13. The summed E-state index contributed by atoms with van der Waals surface area (Å²) in [6, 6.07) is 5.32. The van der Waals surface area contributed by atoms with E-state index in [0.717, 1.165) is 23.5 Å². The molecule has 1 aromatic rings. The molecule has 0 aromatic carbocycles. The van der Waals surface area contributed by atoms with E-state index in [1.54, 1.807) is 18.2 Å². The minimum absolute atomic E-state index is 0.0859. The Morgan fingerprint density at radius 3 is 1.95 bits per heavy atom. The number of nitriles is 3. The molecule has 1 aliphatic heterocycles. The van der Waals surface area contributed by atoms with Crippen LogP contribution in [0.5, 0.6) is 0 Å². The number of methoxy groups -OCH3 is 1. The fourth-order valence-corrected chi connectivity index (χ4v) is 3.51. The van der Waals surface area contributed by atoms with Crippen LogP contribution in [-0.4, -0.2) is 23.0 Å². The first-order valence-corrected chi connectivity index (χ1v) is 6.58. The van der Waals surface area contributed by atoms with Crippen molar-refractivity contribution in [2.24, 2.45) is 0 Å². The van der Waals surface area contributed by atoms with Gasteiger partial charge in [0.2, 0.25) is 0 Å². The predicted octanol–water partition coefficient (Wildman–Crippen LogP) is 1.33. The molecule has 0 fully saturated rings. The molecular weight excluding hydrogens is 298 g/mol. The molecule has 0 saturated heterocycles. The molecule has 1 aromatic heterocycles. The molecule has 7 nitrogen and oxygen atoms in total. The van der Waals surface area contributed by atoms with E-state index in [1.165, 1.54) is 7.11 Å². The monoisotopic (exact) mass is 301 g/mol. The second kappa shape index (κ2) is 5.62. The maximum absolute atomic E-state index is 11.5. The summed E-state index contributed by atoms with van der Waals surface area (Å²) >= 11 is 2.09. The van der Waals surface area contributed by atoms with Crippen molar-refractivity contribution in [3.63, 3.8) is 0 Å². The molecule has 0 amide bonds. The van der Waals surface area contributed by atoms with E-state index in [2.05, 4.69) is 14.7 Å². The van der Waals surface area contributed by atoms with Crippen LogP contribution in [0.1, 0.15) is 11.4 Å². The minimum Gasteiger partial charge on any atom is -0.465 e. The fraction of sp³-hybridized carbons (Fsp3) is 0.0909. The molecular formula is C11H3N5O2S2. The maximum Gasteiger partial charge on any atom is 0.350 e. The molecule has 0 spiro atoms. The number of carbonyl (C=O) groups excluding carboxylic acids is 1. The maximum atomic E-state index is 11.5. The third-order valence-corrected chi connectivity index (χ3v) is 4.49. The van der Waals surface area contributed by atoms with Gasteiger partial charge in [-0.25, -0.2) is 14.8 Å². The highest BCUT2D eigenvalue weighted by atomic mass is 32.2. The van der Waals surface area contributed by atoms with Crippen LogP contribution in [0, 0.1) is 34.0 Å². The Morgan fingerprint density at radius 1 is 1.10 bits per heavy atom. The van der Waals surface area contributed by atoms with Gasteiger partial charge in [-0.2, -0.15) is 15.8 Å². The molecule has 0 N–H and O–H groups in total. The van der Waals surface area contributed by atoms with Gasteiger partial charge in [-0.3, -0.25) is 0 Å². The van der Waals surface area contributed by atoms with Crippen LogP contribution in [0.2, 0.25) is 0 Å². The molecule has 0 atom stereocenters. The Balaban J connectivity index is 2.50. The number of hydrogen-bond donors (Lipinski definition) is 0. The van der Waals surface area contributed by atoms with Gasteiger partial charge >= 0.3 is 5.97 Å². The lowest BCUT2D eigenvalue weighted by Crippen LogP contribution is -2.03. The first-order valence-electron chi connectivity index (χ1n) is 4.95. The number of carbonyl (C=O) groups is 1. The van der Waals surface area contributed by atoms with Crippen molar-refractivity contribution >= 4 is 29.5 Å². The van der Waals surface area contributed by atoms with Crippen LogP contribution in [0.4, 0.5) is 0 Å². The number of nitrogens with zero attached hydrogens (tertiary/aromatic N) is 5. The van der Waals surface area contributed by atoms with Crippen molar-refractivity contribution in [3.05, 3.63) is 21.2 Å². The highest BCUT2D eigenvalue weighted by Gasteiger charge is 2.29. The normalized spacial score (nSPS) is 11.8. The third kappa shape index (κ3) is 2.30. The van der Waals surface area contributed by atoms with E-state index < -0.39 is 5.97 Å². The van der Waals surface area contributed by atoms with Crippen molar-refractivity contribution in [2.45, 2.75) is 10.1 Å². The van der Waals surface area contributed by atoms with Crippen molar-refractivity contribution in [1.82, 2.24) is 9.97 Å². The quantitative estimate of drug-likeness (QED) is 0.429. The summed E-state index contributed by atoms with van der Waals surface area (Å²) in [5.74, 6) is -0.753. The molecule has 2 heterocycles. The number of thioether (sulfide) groups is 2. The average molecular weight is 301 g/mol. The summed E-state index contributed by atoms with van der Waals surface area (Å²) in [5.41, 5.74) is -0.325. The van der Waals surface area contributed by atoms with E-state index in [4.69, 9.17) is 15.8 Å². The van der Waals surface area contributed by atoms with E-state index in [-0.39, 0.29) is 17.0 Å². The standard InChI is InChI=1S/C11H3N5O2S2/c1-18-10(17)5(2-12)11-19-8-9(20-11)16-7(4-14)6(3-13)15-8/h1H3. The van der Waals surface area contributed by atoms with Crippen LogP contribution >= 0.6 is 23.5 Å². The van der Waals surface area contributed by atoms with E-state index in [0.29, 0.717) is 14.3 Å². The van der Waals surface area contributed by atoms with Gasteiger partial charge in [-0.15, -0.1) is 0 Å². The Kier molecular flexibility index (Phi) is 3.90. The van der Waals surface area contributed by atoms with Gasteiger partial charge in [-0.05, 0) is 0 Å². The highest BCUT2D eigenvalue weighted by molar-refractivity contribution is 8.24. The zero-order valence-electron chi connectivity index (χ0n) is 9.87. The van der Waals surface area contributed by atoms with E-state index in [1.807, 2.05) is 0 Å². The van der Waals surface area contributed by atoms with Gasteiger partial charge in [-0.1, -0.05) is 23.5 Å². The van der Waals surface area contributed by atoms with Crippen molar-refractivity contribution < 1.29 is 9.53 Å². The number of ether oxygens (including phenoxy) is 1. The molecule has 0 radical (unpaired) electrons. The van der Waals surface area contributed by atoms with Crippen LogP contribution in [0.25, 0.3) is 0 Å². The SMILES string of the molecule is COC(=O)C(C#N)=C1Sc2nc(C#N)c(C#N)nc2S1. The van der Waals surface area contributed by atoms with Crippen LogP contribution in [-0.2, 0) is 9.53 Å². The summed E-state index contributed by atoms with van der Waals surface area (Å²) in [5, 5.41) is 27.5. The zero-order valence-corrected chi connectivity index (χ0v) is 11.5. The van der Waals surface area contributed by atoms with Crippen molar-refractivity contribution in [3.8, 4) is 18.2 Å². The largest absolute Gasteiger partial charge is 0.465 e. The second-order valence-electron chi connectivity index (χ2n) is 3.22. The van der Waals surface area contributed by atoms with Crippen LogP contribution in [0.15, 0.2) is 19.9 Å². The zero-order chi connectivity index (χ0) is 14.7. The molecule has 20 heavy (non-hydrogen) atoms. The molecule has 0 bridgehead atoms.